The second kappa shape index (κ2) is 16.5. The molecule has 0 atom stereocenters. The fourth-order valence-electron chi connectivity index (χ4n) is 4.35. The SMILES string of the molecule is CN(C)c1[c-]c2c(cc1)-c1ccc(N(C)C)cc1C2.[C-]1=CC=CC1.[Cl-].[Cl-].[Zr+2]=[C](c1ccccc1)c1ccccc1. The molecule has 0 bridgehead atoms. The molecule has 0 amide bonds. The third-order valence-corrected chi connectivity index (χ3v) is 7.89. The molecule has 0 saturated carbocycles. The van der Waals surface area contributed by atoms with Crippen molar-refractivity contribution in [2.75, 3.05) is 38.0 Å². The summed E-state index contributed by atoms with van der Waals surface area (Å²) >= 11 is 1.46. The predicted molar refractivity (Wildman–Crippen MR) is 160 cm³/mol. The first-order valence-electron chi connectivity index (χ1n) is 12.9. The zero-order chi connectivity index (χ0) is 26.9. The van der Waals surface area contributed by atoms with Crippen LogP contribution >= 0.6 is 0 Å². The van der Waals surface area contributed by atoms with Gasteiger partial charge in [0.25, 0.3) is 0 Å². The Labute approximate surface area is 267 Å². The normalized spacial score (nSPS) is 11.3. The van der Waals surface area contributed by atoms with E-state index in [1.807, 2.05) is 12.2 Å². The van der Waals surface area contributed by atoms with Gasteiger partial charge in [0, 0.05) is 33.9 Å². The molecule has 0 unspecified atom stereocenters. The number of fused-ring (bicyclic) bond motifs is 3. The van der Waals surface area contributed by atoms with E-state index >= 15 is 0 Å². The van der Waals surface area contributed by atoms with Crippen molar-refractivity contribution >= 4 is 14.6 Å². The van der Waals surface area contributed by atoms with Crippen LogP contribution in [0, 0.1) is 12.1 Å². The number of hydrogen-bond acceptors (Lipinski definition) is 2. The van der Waals surface area contributed by atoms with Crippen LogP contribution in [0.3, 0.4) is 0 Å². The monoisotopic (exact) mass is 642 g/mol. The number of allylic oxidation sites excluding steroid dienone is 4. The maximum absolute atomic E-state index is 3.53. The van der Waals surface area contributed by atoms with Gasteiger partial charge >= 0.3 is 99.2 Å². The average Bonchev–Trinajstić information content (AvgIpc) is 3.65. The molecule has 5 heteroatoms. The second-order valence-electron chi connectivity index (χ2n) is 9.65. The first-order valence-corrected chi connectivity index (χ1v) is 14.1. The number of anilines is 2. The van der Waals surface area contributed by atoms with Crippen LogP contribution in [-0.2, 0) is 30.7 Å². The Balaban J connectivity index is 0.000000235. The van der Waals surface area contributed by atoms with Gasteiger partial charge in [-0.2, -0.15) is 18.2 Å². The van der Waals surface area contributed by atoms with Crippen LogP contribution in [0.5, 0.6) is 0 Å². The third kappa shape index (κ3) is 8.90. The van der Waals surface area contributed by atoms with E-state index < -0.39 is 0 Å². The van der Waals surface area contributed by atoms with Crippen LogP contribution < -0.4 is 34.6 Å². The van der Waals surface area contributed by atoms with Crippen LogP contribution in [0.1, 0.15) is 28.7 Å². The van der Waals surface area contributed by atoms with Crippen LogP contribution in [0.4, 0.5) is 11.4 Å². The van der Waals surface area contributed by atoms with Gasteiger partial charge in [-0.15, -0.1) is 23.6 Å². The molecular formula is C35H34Cl2N2Zr-2. The van der Waals surface area contributed by atoms with Gasteiger partial charge in [0.2, 0.25) is 0 Å². The molecule has 0 aromatic heterocycles. The van der Waals surface area contributed by atoms with Crippen molar-refractivity contribution in [3.63, 3.8) is 0 Å². The Morgan fingerprint density at radius 2 is 1.32 bits per heavy atom. The van der Waals surface area contributed by atoms with Crippen molar-refractivity contribution in [1.82, 2.24) is 0 Å². The molecule has 40 heavy (non-hydrogen) atoms. The van der Waals surface area contributed by atoms with E-state index in [2.05, 4.69) is 147 Å². The zero-order valence-corrected chi connectivity index (χ0v) is 27.4. The summed E-state index contributed by atoms with van der Waals surface area (Å²) in [6.45, 7) is 0. The molecule has 0 spiro atoms. The molecule has 0 radical (unpaired) electrons. The average molecular weight is 645 g/mol. The molecule has 6 rings (SSSR count). The fourth-order valence-corrected chi connectivity index (χ4v) is 5.17. The van der Waals surface area contributed by atoms with Crippen molar-refractivity contribution in [2.24, 2.45) is 0 Å². The molecular weight excluding hydrogens is 611 g/mol. The summed E-state index contributed by atoms with van der Waals surface area (Å²) in [6.07, 6.45) is 11.0. The number of rotatable bonds is 4. The van der Waals surface area contributed by atoms with Crippen molar-refractivity contribution in [1.29, 1.82) is 0 Å². The van der Waals surface area contributed by atoms with Gasteiger partial charge in [0.1, 0.15) is 0 Å². The second-order valence-corrected chi connectivity index (χ2v) is 10.9. The molecule has 0 fully saturated rings. The Kier molecular flexibility index (Phi) is 13.8. The van der Waals surface area contributed by atoms with Crippen LogP contribution in [0.15, 0.2) is 109 Å². The topological polar surface area (TPSA) is 6.48 Å². The molecule has 2 aliphatic rings. The Hall–Kier alpha value is -2.71. The molecule has 0 N–H and O–H groups in total. The number of nitrogens with zero attached hydrogens (tertiary/aromatic N) is 2. The quantitative estimate of drug-likeness (QED) is 0.273. The molecule has 4 aromatic rings. The van der Waals surface area contributed by atoms with E-state index in [-0.39, 0.29) is 24.8 Å². The Morgan fingerprint density at radius 3 is 1.80 bits per heavy atom. The van der Waals surface area contributed by atoms with Crippen LogP contribution in [0.2, 0.25) is 0 Å². The fraction of sp³-hybridized carbons (Fsp3) is 0.171. The number of halogens is 2. The standard InChI is InChI=1S/C17H19N2.C13H10.C5H5.2ClH.Zr/c1-18(2)14-5-7-16-12(10-14)9-13-11-15(19(3)4)6-8-17(13)16;1-3-7-12(8-4-1)11-13-9-5-2-6-10-13;1-2-4-5-3-1;;;/h5-8,10H,9H2,1-4H3;1-10H;1-3H,4H2;2*1H;/q-1;;-1;;;+2/p-2. The Morgan fingerprint density at radius 1 is 0.725 bits per heavy atom. The first-order chi connectivity index (χ1) is 18.4. The third-order valence-electron chi connectivity index (χ3n) is 6.47. The Bertz CT molecular complexity index is 1320. The van der Waals surface area contributed by atoms with Gasteiger partial charge in [-0.05, 0) is 24.1 Å². The van der Waals surface area contributed by atoms with E-state index in [0.717, 1.165) is 18.5 Å². The van der Waals surface area contributed by atoms with Gasteiger partial charge in [0.15, 0.2) is 0 Å². The van der Waals surface area contributed by atoms with Crippen molar-refractivity contribution in [3.8, 4) is 11.1 Å². The summed E-state index contributed by atoms with van der Waals surface area (Å²) in [4.78, 5) is 4.26. The van der Waals surface area contributed by atoms with Gasteiger partial charge in [-0.25, -0.2) is 12.2 Å². The van der Waals surface area contributed by atoms with E-state index in [1.54, 1.807) is 0 Å². The minimum absolute atomic E-state index is 0. The molecule has 0 aliphatic heterocycles. The molecule has 0 saturated heterocycles. The van der Waals surface area contributed by atoms with Crippen LogP contribution in [-0.4, -0.2) is 31.4 Å². The van der Waals surface area contributed by atoms with Crippen molar-refractivity contribution in [3.05, 3.63) is 144 Å². The van der Waals surface area contributed by atoms with E-state index in [1.165, 1.54) is 66.5 Å². The summed E-state index contributed by atoms with van der Waals surface area (Å²) in [6, 6.07) is 35.7. The van der Waals surface area contributed by atoms with Gasteiger partial charge in [0.05, 0.1) is 0 Å². The van der Waals surface area contributed by atoms with Crippen LogP contribution in [0.25, 0.3) is 11.1 Å². The maximum atomic E-state index is 3.53. The van der Waals surface area contributed by atoms with Crippen molar-refractivity contribution in [2.45, 2.75) is 12.8 Å². The van der Waals surface area contributed by atoms with Gasteiger partial charge in [-0.1, -0.05) is 17.3 Å². The van der Waals surface area contributed by atoms with Crippen molar-refractivity contribution < 1.29 is 49.0 Å². The number of hydrogen-bond donors (Lipinski definition) is 0. The summed E-state index contributed by atoms with van der Waals surface area (Å²) in [5.41, 5.74) is 10.5. The summed E-state index contributed by atoms with van der Waals surface area (Å²) in [5, 5.41) is 0. The summed E-state index contributed by atoms with van der Waals surface area (Å²) in [7, 11) is 8.29. The summed E-state index contributed by atoms with van der Waals surface area (Å²) < 4.78 is 1.42. The van der Waals surface area contributed by atoms with Gasteiger partial charge < -0.3 is 34.6 Å². The molecule has 2 aliphatic carbocycles. The first kappa shape index (κ1) is 33.5. The molecule has 4 aromatic carbocycles. The van der Waals surface area contributed by atoms with E-state index in [4.69, 9.17) is 0 Å². The number of benzene rings is 4. The van der Waals surface area contributed by atoms with E-state index in [9.17, 15) is 0 Å². The predicted octanol–water partition coefficient (Wildman–Crippen LogP) is 1.31. The van der Waals surface area contributed by atoms with E-state index in [0.29, 0.717) is 0 Å². The molecule has 0 heterocycles. The molecule has 204 valence electrons. The van der Waals surface area contributed by atoms with Gasteiger partial charge in [-0.3, -0.25) is 6.08 Å². The zero-order valence-electron chi connectivity index (χ0n) is 23.5. The molecule has 2 nitrogen and oxygen atoms in total. The minimum atomic E-state index is 0. The summed E-state index contributed by atoms with van der Waals surface area (Å²) in [5.74, 6) is 0.